The summed E-state index contributed by atoms with van der Waals surface area (Å²) in [6.45, 7) is 0. The molecule has 0 spiro atoms. The summed E-state index contributed by atoms with van der Waals surface area (Å²) < 4.78 is 14.8. The molecule has 0 fully saturated rings. The van der Waals surface area contributed by atoms with Gasteiger partial charge in [0.15, 0.2) is 0 Å². The number of Topliss-reactive ketones (excluding diaryl/α,β-unsaturated/α-hetero) is 2. The van der Waals surface area contributed by atoms with E-state index >= 15 is 0 Å². The second kappa shape index (κ2) is 5.13. The van der Waals surface area contributed by atoms with E-state index in [-0.39, 0.29) is 5.56 Å². The number of carbonyl (C=O) groups is 2. The summed E-state index contributed by atoms with van der Waals surface area (Å²) in [5, 5.41) is 4.13. The zero-order chi connectivity index (χ0) is 17.8. The molecular weight excluding hydrogens is 335 g/mol. The topological polar surface area (TPSA) is 77.2 Å². The highest BCUT2D eigenvalue weighted by Crippen LogP contribution is 2.37. The predicted octanol–water partition coefficient (Wildman–Crippen LogP) is 2.98. The fraction of sp³-hybridized carbons (Fsp3) is 0. The summed E-state index contributed by atoms with van der Waals surface area (Å²) in [6, 6.07) is 12.5. The zero-order valence-electron chi connectivity index (χ0n) is 13.2. The van der Waals surface area contributed by atoms with Crippen LogP contribution in [0, 0.1) is 5.82 Å². The normalized spacial score (nSPS) is 13.0. The molecule has 0 amide bonds. The van der Waals surface area contributed by atoms with Crippen molar-refractivity contribution in [1.29, 1.82) is 0 Å². The van der Waals surface area contributed by atoms with Gasteiger partial charge in [-0.1, -0.05) is 24.3 Å². The number of carbonyl (C=O) groups excluding carboxylic acids is 2. The largest absolute Gasteiger partial charge is 0.285 e. The van der Waals surface area contributed by atoms with Crippen molar-refractivity contribution in [2.45, 2.75) is 0 Å². The van der Waals surface area contributed by atoms with Gasteiger partial charge in [-0.2, -0.15) is 14.6 Å². The summed E-state index contributed by atoms with van der Waals surface area (Å²) in [5.41, 5.74) is 2.33. The SMILES string of the molecule is O=C1C(=O)c2c(nc3ncnn3c2-c2ccc(F)cc2)-c2ccccc21. The molecule has 0 saturated carbocycles. The number of hydrogen-bond donors (Lipinski definition) is 0. The quantitative estimate of drug-likeness (QED) is 0.496. The van der Waals surface area contributed by atoms with Crippen LogP contribution in [0.1, 0.15) is 20.7 Å². The first-order chi connectivity index (χ1) is 12.6. The van der Waals surface area contributed by atoms with Crippen LogP contribution in [0.25, 0.3) is 28.3 Å². The van der Waals surface area contributed by atoms with Gasteiger partial charge in [0, 0.05) is 16.7 Å². The minimum atomic E-state index is -0.664. The Morgan fingerprint density at radius 1 is 0.885 bits per heavy atom. The third-order valence-electron chi connectivity index (χ3n) is 4.40. The van der Waals surface area contributed by atoms with Gasteiger partial charge in [0.1, 0.15) is 12.1 Å². The second-order valence-corrected chi connectivity index (χ2v) is 5.87. The minimum Gasteiger partial charge on any atom is -0.285 e. The molecule has 6 nitrogen and oxygen atoms in total. The van der Waals surface area contributed by atoms with E-state index in [1.54, 1.807) is 24.3 Å². The smallest absolute Gasteiger partial charge is 0.253 e. The Morgan fingerprint density at radius 2 is 1.62 bits per heavy atom. The Kier molecular flexibility index (Phi) is 2.88. The molecule has 0 unspecified atom stereocenters. The van der Waals surface area contributed by atoms with Gasteiger partial charge in [0.05, 0.1) is 17.0 Å². The van der Waals surface area contributed by atoms with Crippen LogP contribution in [-0.4, -0.2) is 31.1 Å². The van der Waals surface area contributed by atoms with Gasteiger partial charge in [0.25, 0.3) is 5.78 Å². The molecule has 0 atom stereocenters. The van der Waals surface area contributed by atoms with E-state index in [2.05, 4.69) is 15.1 Å². The zero-order valence-corrected chi connectivity index (χ0v) is 13.2. The number of hydrogen-bond acceptors (Lipinski definition) is 5. The number of benzene rings is 2. The summed E-state index contributed by atoms with van der Waals surface area (Å²) >= 11 is 0. The molecule has 0 aliphatic heterocycles. The third kappa shape index (κ3) is 1.88. The highest BCUT2D eigenvalue weighted by molar-refractivity contribution is 6.53. The van der Waals surface area contributed by atoms with Gasteiger partial charge >= 0.3 is 0 Å². The lowest BCUT2D eigenvalue weighted by molar-refractivity contribution is 0.0815. The molecule has 2 heterocycles. The number of fused-ring (bicyclic) bond motifs is 4. The van der Waals surface area contributed by atoms with Crippen molar-refractivity contribution < 1.29 is 14.0 Å². The number of ketones is 2. The predicted molar refractivity (Wildman–Crippen MR) is 90.3 cm³/mol. The first-order valence-electron chi connectivity index (χ1n) is 7.83. The van der Waals surface area contributed by atoms with E-state index in [1.165, 1.54) is 35.1 Å². The van der Waals surface area contributed by atoms with E-state index in [0.717, 1.165) is 0 Å². The molecule has 0 saturated heterocycles. The molecule has 0 bridgehead atoms. The number of nitrogens with zero attached hydrogens (tertiary/aromatic N) is 4. The highest BCUT2D eigenvalue weighted by atomic mass is 19.1. The molecule has 26 heavy (non-hydrogen) atoms. The Hall–Kier alpha value is -3.74. The van der Waals surface area contributed by atoms with Gasteiger partial charge < -0.3 is 0 Å². The highest BCUT2D eigenvalue weighted by Gasteiger charge is 2.35. The van der Waals surface area contributed by atoms with E-state index in [1.807, 2.05) is 0 Å². The van der Waals surface area contributed by atoms with Crippen molar-refractivity contribution >= 4 is 17.3 Å². The number of halogens is 1. The lowest BCUT2D eigenvalue weighted by Crippen LogP contribution is -2.24. The van der Waals surface area contributed by atoms with Gasteiger partial charge in [-0.3, -0.25) is 9.59 Å². The maximum atomic E-state index is 13.4. The van der Waals surface area contributed by atoms with Gasteiger partial charge in [-0.15, -0.1) is 0 Å². The van der Waals surface area contributed by atoms with Gasteiger partial charge in [0.2, 0.25) is 11.6 Å². The summed E-state index contributed by atoms with van der Waals surface area (Å²) in [6.07, 6.45) is 1.32. The Balaban J connectivity index is 1.96. The van der Waals surface area contributed by atoms with Crippen LogP contribution in [0.5, 0.6) is 0 Å². The average Bonchev–Trinajstić information content (AvgIpc) is 3.13. The van der Waals surface area contributed by atoms with Crippen LogP contribution in [0.15, 0.2) is 54.9 Å². The van der Waals surface area contributed by atoms with E-state index in [0.29, 0.717) is 33.9 Å². The summed E-state index contributed by atoms with van der Waals surface area (Å²) in [5.74, 6) is -1.38. The summed E-state index contributed by atoms with van der Waals surface area (Å²) in [7, 11) is 0. The van der Waals surface area contributed by atoms with Crippen molar-refractivity contribution in [3.63, 3.8) is 0 Å². The van der Waals surface area contributed by atoms with Crippen LogP contribution in [0.2, 0.25) is 0 Å². The van der Waals surface area contributed by atoms with Crippen molar-refractivity contribution in [1.82, 2.24) is 19.6 Å². The Labute approximate surface area is 146 Å². The van der Waals surface area contributed by atoms with Crippen LogP contribution < -0.4 is 0 Å². The van der Waals surface area contributed by atoms with Crippen LogP contribution >= 0.6 is 0 Å². The monoisotopic (exact) mass is 344 g/mol. The van der Waals surface area contributed by atoms with Crippen LogP contribution in [0.3, 0.4) is 0 Å². The molecule has 4 aromatic rings. The van der Waals surface area contributed by atoms with Crippen LogP contribution in [0.4, 0.5) is 4.39 Å². The third-order valence-corrected chi connectivity index (χ3v) is 4.40. The maximum Gasteiger partial charge on any atom is 0.253 e. The summed E-state index contributed by atoms with van der Waals surface area (Å²) in [4.78, 5) is 34.1. The molecule has 2 aromatic carbocycles. The van der Waals surface area contributed by atoms with Crippen molar-refractivity contribution in [3.05, 3.63) is 71.8 Å². The van der Waals surface area contributed by atoms with E-state index in [4.69, 9.17) is 0 Å². The van der Waals surface area contributed by atoms with Crippen molar-refractivity contribution in [2.75, 3.05) is 0 Å². The maximum absolute atomic E-state index is 13.4. The molecule has 5 rings (SSSR count). The number of aromatic nitrogens is 4. The number of rotatable bonds is 1. The molecule has 0 radical (unpaired) electrons. The van der Waals surface area contributed by atoms with Crippen molar-refractivity contribution in [3.8, 4) is 22.5 Å². The molecule has 2 aromatic heterocycles. The average molecular weight is 344 g/mol. The first-order valence-corrected chi connectivity index (χ1v) is 7.83. The van der Waals surface area contributed by atoms with Crippen molar-refractivity contribution in [2.24, 2.45) is 0 Å². The molecule has 1 aliphatic carbocycles. The fourth-order valence-electron chi connectivity index (χ4n) is 3.25. The van der Waals surface area contributed by atoms with Gasteiger partial charge in [-0.25, -0.2) is 9.37 Å². The lowest BCUT2D eigenvalue weighted by atomic mass is 9.85. The molecular formula is C19H9FN4O2. The second-order valence-electron chi connectivity index (χ2n) is 5.87. The molecule has 124 valence electrons. The Morgan fingerprint density at radius 3 is 2.38 bits per heavy atom. The van der Waals surface area contributed by atoms with E-state index < -0.39 is 17.4 Å². The standard InChI is InChI=1S/C19H9FN4O2/c20-11-7-5-10(6-8-11)16-14-15(23-19-21-9-22-24(16)19)12-3-1-2-4-13(12)17(25)18(14)26/h1-9H. The fourth-order valence-corrected chi connectivity index (χ4v) is 3.25. The minimum absolute atomic E-state index is 0.151. The molecule has 0 N–H and O–H groups in total. The lowest BCUT2D eigenvalue weighted by Gasteiger charge is -2.20. The molecule has 1 aliphatic rings. The van der Waals surface area contributed by atoms with E-state index in [9.17, 15) is 14.0 Å². The van der Waals surface area contributed by atoms with Gasteiger partial charge in [-0.05, 0) is 24.3 Å². The van der Waals surface area contributed by atoms with Crippen LogP contribution in [-0.2, 0) is 0 Å². The Bertz CT molecular complexity index is 1230. The first kappa shape index (κ1) is 14.6. The molecule has 7 heteroatoms.